The summed E-state index contributed by atoms with van der Waals surface area (Å²) in [6, 6.07) is 0.417. The van der Waals surface area contributed by atoms with E-state index in [1.54, 1.807) is 0 Å². The van der Waals surface area contributed by atoms with E-state index in [4.69, 9.17) is 4.74 Å². The molecule has 6 nitrogen and oxygen atoms in total. The molecule has 1 saturated heterocycles. The van der Waals surface area contributed by atoms with E-state index in [1.165, 1.54) is 11.1 Å². The highest BCUT2D eigenvalue weighted by atomic mass is 16.5. The lowest BCUT2D eigenvalue weighted by Gasteiger charge is -2.26. The molecule has 1 atom stereocenters. The fourth-order valence-corrected chi connectivity index (χ4v) is 2.91. The topological polar surface area (TPSA) is 48.1 Å². The van der Waals surface area contributed by atoms with Crippen LogP contribution in [0.25, 0.3) is 0 Å². The molecule has 0 radical (unpaired) electrons. The van der Waals surface area contributed by atoms with Crippen molar-refractivity contribution in [3.05, 3.63) is 35.9 Å². The summed E-state index contributed by atoms with van der Waals surface area (Å²) in [5.41, 5.74) is 2.52. The van der Waals surface area contributed by atoms with Gasteiger partial charge in [-0.15, -0.1) is 0 Å². The molecule has 0 spiro atoms. The van der Waals surface area contributed by atoms with Gasteiger partial charge < -0.3 is 4.74 Å². The summed E-state index contributed by atoms with van der Waals surface area (Å²) in [6.45, 7) is 10.1. The number of morpholine rings is 1. The predicted molar refractivity (Wildman–Crippen MR) is 89.5 cm³/mol. The molecule has 1 aliphatic heterocycles. The number of aromatic nitrogens is 4. The van der Waals surface area contributed by atoms with E-state index in [0.717, 1.165) is 52.2 Å². The number of nitrogens with zero attached hydrogens (tertiary/aromatic N) is 5. The van der Waals surface area contributed by atoms with Crippen molar-refractivity contribution in [1.82, 2.24) is 24.5 Å². The van der Waals surface area contributed by atoms with E-state index in [0.29, 0.717) is 6.04 Å². The Kier molecular flexibility index (Phi) is 5.46. The molecule has 1 unspecified atom stereocenters. The van der Waals surface area contributed by atoms with E-state index in [-0.39, 0.29) is 0 Å². The Morgan fingerprint density at radius 2 is 1.96 bits per heavy atom. The van der Waals surface area contributed by atoms with Crippen molar-refractivity contribution in [2.45, 2.75) is 39.3 Å². The second-order valence-corrected chi connectivity index (χ2v) is 6.45. The molecule has 0 saturated carbocycles. The van der Waals surface area contributed by atoms with Crippen LogP contribution in [0.3, 0.4) is 0 Å². The van der Waals surface area contributed by atoms with Crippen LogP contribution in [0, 0.1) is 6.92 Å². The van der Waals surface area contributed by atoms with Crippen LogP contribution in [0.15, 0.2) is 24.8 Å². The van der Waals surface area contributed by atoms with Crippen LogP contribution in [0.4, 0.5) is 0 Å². The van der Waals surface area contributed by atoms with Gasteiger partial charge in [0.2, 0.25) is 0 Å². The maximum Gasteiger partial charge on any atom is 0.0594 e. The lowest BCUT2D eigenvalue weighted by atomic mass is 10.1. The van der Waals surface area contributed by atoms with Gasteiger partial charge in [0.1, 0.15) is 0 Å². The third kappa shape index (κ3) is 4.65. The second-order valence-electron chi connectivity index (χ2n) is 6.45. The molecule has 6 heteroatoms. The zero-order chi connectivity index (χ0) is 16.1. The Morgan fingerprint density at radius 1 is 1.13 bits per heavy atom. The normalized spacial score (nSPS) is 17.5. The van der Waals surface area contributed by atoms with Crippen molar-refractivity contribution in [1.29, 1.82) is 0 Å². The largest absolute Gasteiger partial charge is 0.379 e. The highest BCUT2D eigenvalue weighted by Crippen LogP contribution is 2.14. The summed E-state index contributed by atoms with van der Waals surface area (Å²) in [4.78, 5) is 2.44. The lowest BCUT2D eigenvalue weighted by Crippen LogP contribution is -2.38. The number of ether oxygens (including phenoxy) is 1. The van der Waals surface area contributed by atoms with E-state index in [2.05, 4.69) is 50.7 Å². The summed E-state index contributed by atoms with van der Waals surface area (Å²) in [7, 11) is 0. The molecule has 3 rings (SSSR count). The van der Waals surface area contributed by atoms with Crippen LogP contribution in [-0.4, -0.2) is 57.3 Å². The van der Waals surface area contributed by atoms with E-state index in [9.17, 15) is 0 Å². The van der Waals surface area contributed by atoms with Gasteiger partial charge >= 0.3 is 0 Å². The first kappa shape index (κ1) is 16.2. The summed E-state index contributed by atoms with van der Waals surface area (Å²) < 4.78 is 9.49. The fraction of sp³-hybridized carbons (Fsp3) is 0.647. The molecule has 3 heterocycles. The molecule has 2 aromatic heterocycles. The molecule has 126 valence electrons. The van der Waals surface area contributed by atoms with Gasteiger partial charge in [-0.25, -0.2) is 0 Å². The number of rotatable bonds is 7. The Hall–Kier alpha value is -1.66. The van der Waals surface area contributed by atoms with Gasteiger partial charge in [-0.05, 0) is 37.8 Å². The highest BCUT2D eigenvalue weighted by Gasteiger charge is 2.11. The standard InChI is InChI=1S/C17H27N5O/c1-15-11-19-22(13-15)16(2)3-4-17-12-18-21(14-17)6-5-20-7-9-23-10-8-20/h11-14,16H,3-10H2,1-2H3. The zero-order valence-corrected chi connectivity index (χ0v) is 14.2. The monoisotopic (exact) mass is 317 g/mol. The Balaban J connectivity index is 1.43. The quantitative estimate of drug-likeness (QED) is 0.783. The Bertz CT molecular complexity index is 600. The molecular formula is C17H27N5O. The summed E-state index contributed by atoms with van der Waals surface area (Å²) >= 11 is 0. The first-order chi connectivity index (χ1) is 11.2. The maximum absolute atomic E-state index is 5.38. The van der Waals surface area contributed by atoms with Gasteiger partial charge in [-0.3, -0.25) is 14.3 Å². The molecule has 0 aromatic carbocycles. The van der Waals surface area contributed by atoms with Crippen molar-refractivity contribution in [2.24, 2.45) is 0 Å². The SMILES string of the molecule is Cc1cnn(C(C)CCc2cnn(CCN3CCOCC3)c2)c1. The van der Waals surface area contributed by atoms with Crippen LogP contribution >= 0.6 is 0 Å². The predicted octanol–water partition coefficient (Wildman–Crippen LogP) is 1.91. The lowest BCUT2D eigenvalue weighted by molar-refractivity contribution is 0.0359. The van der Waals surface area contributed by atoms with Gasteiger partial charge in [0.25, 0.3) is 0 Å². The van der Waals surface area contributed by atoms with E-state index < -0.39 is 0 Å². The average molecular weight is 317 g/mol. The van der Waals surface area contributed by atoms with Crippen molar-refractivity contribution in [2.75, 3.05) is 32.8 Å². The molecular weight excluding hydrogens is 290 g/mol. The van der Waals surface area contributed by atoms with Crippen LogP contribution in [0.5, 0.6) is 0 Å². The van der Waals surface area contributed by atoms with Gasteiger partial charge in [0.05, 0.1) is 32.2 Å². The van der Waals surface area contributed by atoms with Crippen LogP contribution in [-0.2, 0) is 17.7 Å². The fourth-order valence-electron chi connectivity index (χ4n) is 2.91. The summed E-state index contributed by atoms with van der Waals surface area (Å²) in [6.07, 6.45) is 10.3. The molecule has 23 heavy (non-hydrogen) atoms. The third-order valence-corrected chi connectivity index (χ3v) is 4.47. The van der Waals surface area contributed by atoms with Crippen molar-refractivity contribution in [3.8, 4) is 0 Å². The second kappa shape index (κ2) is 7.75. The molecule has 0 bridgehead atoms. The Labute approximate surface area is 138 Å². The first-order valence-corrected chi connectivity index (χ1v) is 8.53. The van der Waals surface area contributed by atoms with Gasteiger partial charge in [-0.2, -0.15) is 10.2 Å². The average Bonchev–Trinajstić information content (AvgIpc) is 3.21. The minimum Gasteiger partial charge on any atom is -0.379 e. The van der Waals surface area contributed by atoms with Gasteiger partial charge in [0, 0.05) is 38.1 Å². The van der Waals surface area contributed by atoms with Crippen LogP contribution in [0.1, 0.15) is 30.5 Å². The smallest absolute Gasteiger partial charge is 0.0594 e. The molecule has 1 aliphatic rings. The summed E-state index contributed by atoms with van der Waals surface area (Å²) in [5.74, 6) is 0. The van der Waals surface area contributed by atoms with E-state index in [1.807, 2.05) is 12.4 Å². The van der Waals surface area contributed by atoms with Crippen molar-refractivity contribution < 1.29 is 4.74 Å². The number of hydrogen-bond acceptors (Lipinski definition) is 4. The molecule has 1 fully saturated rings. The van der Waals surface area contributed by atoms with E-state index >= 15 is 0 Å². The summed E-state index contributed by atoms with van der Waals surface area (Å²) in [5, 5.41) is 8.89. The van der Waals surface area contributed by atoms with Crippen LogP contribution < -0.4 is 0 Å². The van der Waals surface area contributed by atoms with Crippen molar-refractivity contribution >= 4 is 0 Å². The number of aryl methyl sites for hydroxylation is 2. The maximum atomic E-state index is 5.38. The Morgan fingerprint density at radius 3 is 2.70 bits per heavy atom. The zero-order valence-electron chi connectivity index (χ0n) is 14.2. The molecule has 0 amide bonds. The van der Waals surface area contributed by atoms with Crippen molar-refractivity contribution in [3.63, 3.8) is 0 Å². The van der Waals surface area contributed by atoms with Crippen LogP contribution in [0.2, 0.25) is 0 Å². The molecule has 2 aromatic rings. The number of hydrogen-bond donors (Lipinski definition) is 0. The van der Waals surface area contributed by atoms with Gasteiger partial charge in [0.15, 0.2) is 0 Å². The highest BCUT2D eigenvalue weighted by molar-refractivity contribution is 5.05. The third-order valence-electron chi connectivity index (χ3n) is 4.47. The molecule has 0 aliphatic carbocycles. The first-order valence-electron chi connectivity index (χ1n) is 8.53. The minimum atomic E-state index is 0.417. The van der Waals surface area contributed by atoms with Gasteiger partial charge in [-0.1, -0.05) is 0 Å². The molecule has 0 N–H and O–H groups in total. The minimum absolute atomic E-state index is 0.417.